The first-order valence-corrected chi connectivity index (χ1v) is 18.7. The van der Waals surface area contributed by atoms with E-state index in [1.54, 1.807) is 25.8 Å². The fourth-order valence-electron chi connectivity index (χ4n) is 12.6. The maximum absolute atomic E-state index is 13.9. The Morgan fingerprint density at radius 2 is 1.58 bits per heavy atom. The number of carboxylic acids is 1. The Hall–Kier alpha value is -1.77. The van der Waals surface area contributed by atoms with E-state index in [0.29, 0.717) is 18.3 Å². The number of Topliss-reactive ketones (excluding diaryl/α,β-unsaturated/α-hetero) is 1. The second kappa shape index (κ2) is 12.2. The summed E-state index contributed by atoms with van der Waals surface area (Å²) in [6.07, 6.45) is 6.09. The van der Waals surface area contributed by atoms with Crippen LogP contribution in [0.2, 0.25) is 0 Å². The number of carbonyl (C=O) groups is 3. The number of aliphatic carboxylic acids is 1. The maximum atomic E-state index is 13.9. The number of likely N-dealkylation sites (N-methyl/N-ethyl adjacent to an activating group) is 1. The summed E-state index contributed by atoms with van der Waals surface area (Å²) in [5.41, 5.74) is 0.389. The molecule has 4 saturated carbocycles. The van der Waals surface area contributed by atoms with E-state index < -0.39 is 29.2 Å². The zero-order chi connectivity index (χ0) is 36.0. The van der Waals surface area contributed by atoms with E-state index in [9.17, 15) is 29.7 Å². The second-order valence-electron chi connectivity index (χ2n) is 19.1. The molecule has 8 heteroatoms. The molecule has 3 N–H and O–H groups in total. The molecule has 10 atom stereocenters. The van der Waals surface area contributed by atoms with Gasteiger partial charge in [0.25, 0.3) is 0 Å². The summed E-state index contributed by atoms with van der Waals surface area (Å²) in [6.45, 7) is 21.4. The number of rotatable bonds is 9. The van der Waals surface area contributed by atoms with Gasteiger partial charge in [0.1, 0.15) is 0 Å². The quantitative estimate of drug-likeness (QED) is 0.225. The van der Waals surface area contributed by atoms with Crippen LogP contribution in [0.15, 0.2) is 11.1 Å². The number of ketones is 1. The second-order valence-corrected chi connectivity index (χ2v) is 19.1. The Kier molecular flexibility index (Phi) is 9.51. The lowest BCUT2D eigenvalue weighted by Gasteiger charge is -2.72. The van der Waals surface area contributed by atoms with Crippen LogP contribution in [0.5, 0.6) is 0 Å². The summed E-state index contributed by atoms with van der Waals surface area (Å²) in [7, 11) is 1.74. The number of ether oxygens (including phenoxy) is 1. The van der Waals surface area contributed by atoms with E-state index in [2.05, 4.69) is 48.5 Å². The molecule has 5 aliphatic carbocycles. The van der Waals surface area contributed by atoms with Crippen LogP contribution in [0.3, 0.4) is 0 Å². The van der Waals surface area contributed by atoms with Crippen LogP contribution in [0.25, 0.3) is 0 Å². The first kappa shape index (κ1) is 37.5. The molecule has 272 valence electrons. The molecule has 1 unspecified atom stereocenters. The lowest BCUT2D eigenvalue weighted by molar-refractivity contribution is -0.258. The van der Waals surface area contributed by atoms with Crippen LogP contribution in [-0.4, -0.2) is 70.0 Å². The highest BCUT2D eigenvalue weighted by molar-refractivity contribution is 6.00. The van der Waals surface area contributed by atoms with E-state index in [1.165, 1.54) is 12.5 Å². The van der Waals surface area contributed by atoms with Gasteiger partial charge in [-0.25, -0.2) is 0 Å². The smallest absolute Gasteiger partial charge is 0.309 e. The van der Waals surface area contributed by atoms with Crippen molar-refractivity contribution in [2.75, 3.05) is 13.6 Å². The summed E-state index contributed by atoms with van der Waals surface area (Å²) in [6, 6.07) is 0. The Morgan fingerprint density at radius 1 is 0.938 bits per heavy atom. The van der Waals surface area contributed by atoms with Crippen molar-refractivity contribution in [2.45, 2.75) is 152 Å². The van der Waals surface area contributed by atoms with Crippen LogP contribution in [0, 0.1) is 56.2 Å². The molecule has 0 aromatic rings. The van der Waals surface area contributed by atoms with Crippen LogP contribution in [0.1, 0.15) is 133 Å². The Morgan fingerprint density at radius 3 is 2.17 bits per heavy atom. The maximum Gasteiger partial charge on any atom is 0.309 e. The van der Waals surface area contributed by atoms with Crippen LogP contribution in [-0.2, 0) is 19.1 Å². The van der Waals surface area contributed by atoms with Crippen molar-refractivity contribution in [1.29, 1.82) is 0 Å². The highest BCUT2D eigenvalue weighted by Gasteiger charge is 2.70. The number of carbonyl (C=O) groups excluding carboxylic acids is 2. The van der Waals surface area contributed by atoms with Gasteiger partial charge in [0.2, 0.25) is 5.91 Å². The average molecular weight is 672 g/mol. The minimum Gasteiger partial charge on any atom is -0.481 e. The van der Waals surface area contributed by atoms with Crippen molar-refractivity contribution in [1.82, 2.24) is 4.90 Å². The van der Waals surface area contributed by atoms with Crippen molar-refractivity contribution in [3.8, 4) is 0 Å². The van der Waals surface area contributed by atoms with Gasteiger partial charge >= 0.3 is 5.97 Å². The monoisotopic (exact) mass is 671 g/mol. The van der Waals surface area contributed by atoms with E-state index in [4.69, 9.17) is 4.74 Å². The Balaban J connectivity index is 1.46. The van der Waals surface area contributed by atoms with E-state index in [1.807, 2.05) is 0 Å². The van der Waals surface area contributed by atoms with Gasteiger partial charge in [-0.1, -0.05) is 54.0 Å². The van der Waals surface area contributed by atoms with E-state index >= 15 is 0 Å². The van der Waals surface area contributed by atoms with Gasteiger partial charge in [0.05, 0.1) is 17.6 Å². The molecule has 4 fully saturated rings. The largest absolute Gasteiger partial charge is 0.481 e. The summed E-state index contributed by atoms with van der Waals surface area (Å²) < 4.78 is 6.33. The molecular formula is C40H65NO7. The molecular weight excluding hydrogens is 606 g/mol. The van der Waals surface area contributed by atoms with E-state index in [-0.39, 0.29) is 64.3 Å². The summed E-state index contributed by atoms with van der Waals surface area (Å²) in [4.78, 5) is 39.4. The summed E-state index contributed by atoms with van der Waals surface area (Å²) in [5.74, 6) is 0.354. The van der Waals surface area contributed by atoms with Gasteiger partial charge in [-0.3, -0.25) is 14.4 Å². The molecule has 48 heavy (non-hydrogen) atoms. The number of hydrogen-bond acceptors (Lipinski definition) is 6. The first-order valence-electron chi connectivity index (χ1n) is 18.7. The number of fused-ring (bicyclic) bond motifs is 7. The summed E-state index contributed by atoms with van der Waals surface area (Å²) in [5, 5.41) is 32.5. The molecule has 0 bridgehead atoms. The van der Waals surface area contributed by atoms with Crippen LogP contribution < -0.4 is 0 Å². The lowest BCUT2D eigenvalue weighted by atomic mass is 9.33. The third-order valence-electron chi connectivity index (χ3n) is 15.6. The van der Waals surface area contributed by atoms with Gasteiger partial charge in [0, 0.05) is 38.8 Å². The van der Waals surface area contributed by atoms with Gasteiger partial charge in [-0.2, -0.15) is 0 Å². The van der Waals surface area contributed by atoms with Crippen molar-refractivity contribution in [3.63, 3.8) is 0 Å². The highest BCUT2D eigenvalue weighted by atomic mass is 16.6. The molecule has 0 aromatic carbocycles. The number of hydrogen-bond donors (Lipinski definition) is 3. The SMILES string of the molecule is CC(=O)N(C)C[C@H](O)[C@@]12CC[C@]3(C)[C@H](CC[C@@H]4[C@@]5(C)CC[C@H](OC(O)CC(C)(C)C(=O)O)C(C)(C)[C@H]5CC[C@]43C)C1=C(C(C)C)C(=O)C2. The predicted octanol–water partition coefficient (Wildman–Crippen LogP) is 7.01. The Labute approximate surface area is 289 Å². The predicted molar refractivity (Wildman–Crippen MR) is 186 cm³/mol. The standard InChI is InChI=1S/C40H65NO7/c1-23(2)32-26(43)20-40(29(44)22-41(11)24(3)42)19-18-38(9)25(33(32)40)12-13-28-37(8)16-15-30(48-31(45)21-35(4,5)34(46)47)36(6,7)27(37)14-17-39(28,38)10/h23,25,27-31,44-45H,12-22H2,1-11H3,(H,46,47)/t25-,27-,28-,29+,30+,31?,37+,38-,39-,40+/m1/s1. The molecule has 0 aromatic heterocycles. The first-order chi connectivity index (χ1) is 22.0. The van der Waals surface area contributed by atoms with Crippen molar-refractivity contribution >= 4 is 17.7 Å². The molecule has 5 aliphatic rings. The molecule has 0 heterocycles. The number of aliphatic hydroxyl groups excluding tert-OH is 2. The van der Waals surface area contributed by atoms with Gasteiger partial charge in [0.15, 0.2) is 12.1 Å². The fourth-order valence-corrected chi connectivity index (χ4v) is 12.6. The van der Waals surface area contributed by atoms with Gasteiger partial charge in [-0.15, -0.1) is 0 Å². The number of amides is 1. The zero-order valence-electron chi connectivity index (χ0n) is 31.7. The molecule has 0 saturated heterocycles. The van der Waals surface area contributed by atoms with Gasteiger partial charge < -0.3 is 25.0 Å². The molecule has 1 amide bonds. The van der Waals surface area contributed by atoms with Crippen LogP contribution in [0.4, 0.5) is 0 Å². The number of allylic oxidation sites excluding steroid dienone is 1. The normalized spacial score (nSPS) is 40.4. The third-order valence-corrected chi connectivity index (χ3v) is 15.6. The minimum atomic E-state index is -1.13. The Bertz CT molecular complexity index is 1350. The molecule has 0 spiro atoms. The lowest BCUT2D eigenvalue weighted by Crippen LogP contribution is -2.66. The van der Waals surface area contributed by atoms with Crippen LogP contribution >= 0.6 is 0 Å². The van der Waals surface area contributed by atoms with Crippen molar-refractivity contribution < 1.29 is 34.4 Å². The van der Waals surface area contributed by atoms with Crippen molar-refractivity contribution in [2.24, 2.45) is 56.2 Å². The summed E-state index contributed by atoms with van der Waals surface area (Å²) >= 11 is 0. The molecule has 5 rings (SSSR count). The number of nitrogens with zero attached hydrogens (tertiary/aromatic N) is 1. The average Bonchev–Trinajstić information content (AvgIpc) is 3.27. The van der Waals surface area contributed by atoms with Crippen molar-refractivity contribution in [3.05, 3.63) is 11.1 Å². The topological polar surface area (TPSA) is 124 Å². The highest BCUT2D eigenvalue weighted by Crippen LogP contribution is 2.77. The van der Waals surface area contributed by atoms with E-state index in [0.717, 1.165) is 56.9 Å². The number of carboxylic acid groups (broad SMARTS) is 1. The molecule has 0 aliphatic heterocycles. The third kappa shape index (κ3) is 5.44. The zero-order valence-corrected chi connectivity index (χ0v) is 31.7. The fraction of sp³-hybridized carbons (Fsp3) is 0.875. The molecule has 0 radical (unpaired) electrons. The minimum absolute atomic E-state index is 0.0320. The molecule has 8 nitrogen and oxygen atoms in total. The number of aliphatic hydroxyl groups is 2. The van der Waals surface area contributed by atoms with Gasteiger partial charge in [-0.05, 0) is 116 Å².